The van der Waals surface area contributed by atoms with E-state index in [9.17, 15) is 28.8 Å². The topological polar surface area (TPSA) is 127 Å². The molecule has 10 heteroatoms. The van der Waals surface area contributed by atoms with Gasteiger partial charge in [-0.15, -0.1) is 0 Å². The van der Waals surface area contributed by atoms with E-state index in [0.29, 0.717) is 33.6 Å². The first-order valence-electron chi connectivity index (χ1n) is 14.8. The molecule has 0 bridgehead atoms. The Bertz CT molecular complexity index is 2110. The fraction of sp³-hybridized carbons (Fsp3) is 0.105. The highest BCUT2D eigenvalue weighted by Crippen LogP contribution is 2.36. The van der Waals surface area contributed by atoms with Crippen molar-refractivity contribution < 1.29 is 38.2 Å². The Kier molecular flexibility index (Phi) is 8.16. The predicted octanol–water partition coefficient (Wildman–Crippen LogP) is 6.19. The third kappa shape index (κ3) is 5.60. The van der Waals surface area contributed by atoms with Gasteiger partial charge in [0.05, 0.1) is 33.6 Å². The average molecular weight is 641 g/mol. The first-order chi connectivity index (χ1) is 23.0. The second kappa shape index (κ2) is 12.4. The molecule has 0 saturated heterocycles. The van der Waals surface area contributed by atoms with Crippen LogP contribution in [0.4, 0.5) is 11.4 Å². The summed E-state index contributed by atoms with van der Waals surface area (Å²) in [6.45, 7) is 10.0. The lowest BCUT2D eigenvalue weighted by molar-refractivity contribution is -0.141. The average Bonchev–Trinajstić information content (AvgIpc) is 3.49. The first-order valence-corrected chi connectivity index (χ1v) is 14.8. The number of fused-ring (bicyclic) bond motifs is 2. The zero-order valence-electron chi connectivity index (χ0n) is 26.1. The molecule has 0 radical (unpaired) electrons. The van der Waals surface area contributed by atoms with E-state index >= 15 is 0 Å². The van der Waals surface area contributed by atoms with Crippen molar-refractivity contribution in [2.45, 2.75) is 27.1 Å². The summed E-state index contributed by atoms with van der Waals surface area (Å²) in [5.41, 5.74) is 4.22. The number of imide groups is 2. The lowest BCUT2D eigenvalue weighted by Gasteiger charge is -2.18. The van der Waals surface area contributed by atoms with E-state index < -0.39 is 35.6 Å². The molecule has 0 atom stereocenters. The highest BCUT2D eigenvalue weighted by Gasteiger charge is 2.39. The molecule has 2 aliphatic rings. The lowest BCUT2D eigenvalue weighted by atomic mass is 9.97. The van der Waals surface area contributed by atoms with E-state index in [2.05, 4.69) is 13.2 Å². The van der Waals surface area contributed by atoms with Crippen molar-refractivity contribution in [2.24, 2.45) is 0 Å². The Labute approximate surface area is 275 Å². The monoisotopic (exact) mass is 640 g/mol. The molecular weight excluding hydrogens is 612 g/mol. The van der Waals surface area contributed by atoms with Crippen LogP contribution in [0.25, 0.3) is 11.1 Å². The van der Waals surface area contributed by atoms with Crippen LogP contribution in [-0.4, -0.2) is 35.6 Å². The molecule has 4 aromatic rings. The van der Waals surface area contributed by atoms with Gasteiger partial charge in [-0.25, -0.2) is 19.4 Å². The van der Waals surface area contributed by atoms with Crippen molar-refractivity contribution in [3.63, 3.8) is 0 Å². The number of anilines is 2. The van der Waals surface area contributed by atoms with Gasteiger partial charge in [0, 0.05) is 16.7 Å². The van der Waals surface area contributed by atoms with E-state index in [1.807, 2.05) is 0 Å². The maximum Gasteiger partial charge on any atom is 0.333 e. The number of rotatable bonds is 9. The molecule has 0 aromatic heterocycles. The van der Waals surface area contributed by atoms with Gasteiger partial charge in [-0.05, 0) is 73.0 Å². The minimum Gasteiger partial charge on any atom is -0.457 e. The number of nitrogens with zero attached hydrogens (tertiary/aromatic N) is 2. The van der Waals surface area contributed by atoms with E-state index in [1.54, 1.807) is 91.9 Å². The summed E-state index contributed by atoms with van der Waals surface area (Å²) >= 11 is 0. The summed E-state index contributed by atoms with van der Waals surface area (Å²) in [4.78, 5) is 79.7. The number of para-hydroxylation sites is 1. The summed E-state index contributed by atoms with van der Waals surface area (Å²) in [6.07, 6.45) is 0. The van der Waals surface area contributed by atoms with Crippen LogP contribution in [0.5, 0.6) is 0 Å². The number of ether oxygens (including phenoxy) is 2. The minimum atomic E-state index is -0.592. The zero-order chi connectivity index (χ0) is 34.3. The molecule has 0 saturated carbocycles. The molecular formula is C38H28N2O8. The molecule has 0 unspecified atom stereocenters. The van der Waals surface area contributed by atoms with E-state index in [4.69, 9.17) is 9.47 Å². The molecule has 4 amide bonds. The van der Waals surface area contributed by atoms with Crippen molar-refractivity contribution in [1.82, 2.24) is 0 Å². The van der Waals surface area contributed by atoms with Crippen LogP contribution in [0, 0.1) is 0 Å². The third-order valence-corrected chi connectivity index (χ3v) is 7.96. The lowest BCUT2D eigenvalue weighted by Crippen LogP contribution is -2.30. The highest BCUT2D eigenvalue weighted by molar-refractivity contribution is 6.36. The van der Waals surface area contributed by atoms with Crippen LogP contribution in [-0.2, 0) is 32.3 Å². The molecule has 4 aromatic carbocycles. The molecule has 2 heterocycles. The second-order valence-electron chi connectivity index (χ2n) is 11.4. The quantitative estimate of drug-likeness (QED) is 0.120. The van der Waals surface area contributed by atoms with Crippen LogP contribution in [0.1, 0.15) is 66.4 Å². The van der Waals surface area contributed by atoms with Gasteiger partial charge in [0.1, 0.15) is 13.2 Å². The summed E-state index contributed by atoms with van der Waals surface area (Å²) in [5.74, 6) is -3.18. The smallest absolute Gasteiger partial charge is 0.333 e. The Morgan fingerprint density at radius 3 is 1.62 bits per heavy atom. The van der Waals surface area contributed by atoms with E-state index in [1.165, 1.54) is 6.92 Å². The van der Waals surface area contributed by atoms with E-state index in [0.717, 1.165) is 9.80 Å². The molecule has 0 fully saturated rings. The van der Waals surface area contributed by atoms with Crippen molar-refractivity contribution in [1.29, 1.82) is 0 Å². The Hall–Kier alpha value is -6.42. The Morgan fingerprint density at radius 2 is 1.06 bits per heavy atom. The van der Waals surface area contributed by atoms with Crippen LogP contribution in [0.15, 0.2) is 109 Å². The van der Waals surface area contributed by atoms with Crippen molar-refractivity contribution in [3.8, 4) is 11.1 Å². The summed E-state index contributed by atoms with van der Waals surface area (Å²) < 4.78 is 10.4. The summed E-state index contributed by atoms with van der Waals surface area (Å²) in [5, 5.41) is 0. The standard InChI is InChI=1S/C38H28N2O8/c1-21(2)37(45)47-19-23-9-13-27(14-10-23)39-33(41)28-15-11-24(17-30(28)35(39)43)25-12-16-29-31(18-25)36(44)40(34(29)42)32-8-6-5-7-26(32)20-48-38(46)22(3)4/h5-18H,1,3,19-20H2,2,4H3. The number of carbonyl (C=O) groups is 6. The second-order valence-corrected chi connectivity index (χ2v) is 11.4. The van der Waals surface area contributed by atoms with Crippen LogP contribution >= 0.6 is 0 Å². The van der Waals surface area contributed by atoms with E-state index in [-0.39, 0.29) is 46.6 Å². The largest absolute Gasteiger partial charge is 0.457 e. The van der Waals surface area contributed by atoms with Gasteiger partial charge in [0.15, 0.2) is 0 Å². The third-order valence-electron chi connectivity index (χ3n) is 7.96. The Balaban J connectivity index is 1.23. The zero-order valence-corrected chi connectivity index (χ0v) is 26.1. The first kappa shape index (κ1) is 31.6. The number of hydrogen-bond donors (Lipinski definition) is 0. The Morgan fingerprint density at radius 1 is 0.583 bits per heavy atom. The molecule has 238 valence electrons. The number of benzene rings is 4. The molecule has 0 N–H and O–H groups in total. The predicted molar refractivity (Wildman–Crippen MR) is 176 cm³/mol. The summed E-state index contributed by atoms with van der Waals surface area (Å²) in [7, 11) is 0. The molecule has 6 rings (SSSR count). The van der Waals surface area contributed by atoms with Gasteiger partial charge in [-0.1, -0.05) is 55.6 Å². The van der Waals surface area contributed by atoms with Crippen molar-refractivity contribution in [3.05, 3.63) is 143 Å². The maximum absolute atomic E-state index is 13.6. The van der Waals surface area contributed by atoms with Gasteiger partial charge in [-0.3, -0.25) is 19.2 Å². The molecule has 0 spiro atoms. The maximum atomic E-state index is 13.6. The number of esters is 2. The molecule has 48 heavy (non-hydrogen) atoms. The SMILES string of the molecule is C=C(C)C(=O)OCc1ccc(N2C(=O)c3ccc(-c4ccc5c(c4)C(=O)N(c4ccccc4COC(=O)C(=C)C)C5=O)cc3C2=O)cc1. The van der Waals surface area contributed by atoms with Crippen LogP contribution in [0.2, 0.25) is 0 Å². The number of amides is 4. The normalized spacial score (nSPS) is 13.4. The summed E-state index contributed by atoms with van der Waals surface area (Å²) in [6, 6.07) is 22.8. The van der Waals surface area contributed by atoms with Gasteiger partial charge in [0.2, 0.25) is 0 Å². The molecule has 2 aliphatic heterocycles. The van der Waals surface area contributed by atoms with Gasteiger partial charge >= 0.3 is 11.9 Å². The van der Waals surface area contributed by atoms with Gasteiger partial charge in [-0.2, -0.15) is 0 Å². The van der Waals surface area contributed by atoms with Gasteiger partial charge in [0.25, 0.3) is 23.6 Å². The van der Waals surface area contributed by atoms with Crippen molar-refractivity contribution in [2.75, 3.05) is 9.80 Å². The number of hydrogen-bond acceptors (Lipinski definition) is 8. The number of carbonyl (C=O) groups excluding carboxylic acids is 6. The van der Waals surface area contributed by atoms with Crippen LogP contribution < -0.4 is 9.80 Å². The molecule has 10 nitrogen and oxygen atoms in total. The fourth-order valence-corrected chi connectivity index (χ4v) is 5.42. The van der Waals surface area contributed by atoms with Crippen LogP contribution in [0.3, 0.4) is 0 Å². The van der Waals surface area contributed by atoms with Crippen molar-refractivity contribution >= 4 is 46.9 Å². The molecule has 0 aliphatic carbocycles. The highest BCUT2D eigenvalue weighted by atomic mass is 16.5. The fourth-order valence-electron chi connectivity index (χ4n) is 5.42. The minimum absolute atomic E-state index is 0.0154. The van der Waals surface area contributed by atoms with Gasteiger partial charge < -0.3 is 9.47 Å².